The van der Waals surface area contributed by atoms with E-state index < -0.39 is 5.41 Å². The molecule has 3 rings (SSSR count). The quantitative estimate of drug-likeness (QED) is 0.729. The molecule has 0 bridgehead atoms. The highest BCUT2D eigenvalue weighted by Gasteiger charge is 2.57. The molecule has 3 aliphatic rings. The molecule has 1 aliphatic heterocycles. The zero-order chi connectivity index (χ0) is 18.6. The molecule has 3 fully saturated rings. The van der Waals surface area contributed by atoms with E-state index in [1.807, 2.05) is 0 Å². The van der Waals surface area contributed by atoms with Crippen LogP contribution in [0, 0.1) is 5.41 Å². The van der Waals surface area contributed by atoms with E-state index in [0.29, 0.717) is 45.4 Å². The first kappa shape index (κ1) is 19.0. The second kappa shape index (κ2) is 8.27. The summed E-state index contributed by atoms with van der Waals surface area (Å²) in [6, 6.07) is 0.252. The van der Waals surface area contributed by atoms with Gasteiger partial charge in [0.2, 0.25) is 11.8 Å². The standard InChI is InChI=1S/C19H31N3O4/c1-2-26-18(25)22-12-8-15(9-13-22)21-17(24)19(10-11-19)16(23)20-14-6-4-3-5-7-14/h14-15H,2-13H2,1H3,(H,20,23)(H,21,24). The van der Waals surface area contributed by atoms with Crippen LogP contribution in [0.5, 0.6) is 0 Å². The fourth-order valence-corrected chi connectivity index (χ4v) is 4.00. The van der Waals surface area contributed by atoms with Crippen LogP contribution in [0.2, 0.25) is 0 Å². The van der Waals surface area contributed by atoms with Crippen LogP contribution >= 0.6 is 0 Å². The van der Waals surface area contributed by atoms with Gasteiger partial charge in [-0.15, -0.1) is 0 Å². The summed E-state index contributed by atoms with van der Waals surface area (Å²) >= 11 is 0. The number of likely N-dealkylation sites (tertiary alicyclic amines) is 1. The number of hydrogen-bond donors (Lipinski definition) is 2. The van der Waals surface area contributed by atoms with E-state index in [1.165, 1.54) is 6.42 Å². The lowest BCUT2D eigenvalue weighted by atomic mass is 9.94. The Hall–Kier alpha value is -1.79. The van der Waals surface area contributed by atoms with Gasteiger partial charge < -0.3 is 20.3 Å². The van der Waals surface area contributed by atoms with Gasteiger partial charge in [-0.2, -0.15) is 0 Å². The molecule has 0 unspecified atom stereocenters. The molecule has 2 aliphatic carbocycles. The molecule has 0 aromatic heterocycles. The SMILES string of the molecule is CCOC(=O)N1CCC(NC(=O)C2(C(=O)NC3CCCCC3)CC2)CC1. The maximum absolute atomic E-state index is 12.7. The van der Waals surface area contributed by atoms with Crippen molar-refractivity contribution in [2.75, 3.05) is 19.7 Å². The van der Waals surface area contributed by atoms with Crippen LogP contribution in [0.1, 0.15) is 64.7 Å². The Morgan fingerprint density at radius 3 is 1.96 bits per heavy atom. The molecule has 0 spiro atoms. The largest absolute Gasteiger partial charge is 0.450 e. The molecule has 1 heterocycles. The number of piperidine rings is 1. The molecule has 7 heteroatoms. The summed E-state index contributed by atoms with van der Waals surface area (Å²) in [7, 11) is 0. The highest BCUT2D eigenvalue weighted by atomic mass is 16.6. The van der Waals surface area contributed by atoms with Crippen LogP contribution in [0.15, 0.2) is 0 Å². The zero-order valence-electron chi connectivity index (χ0n) is 15.7. The second-order valence-corrected chi connectivity index (χ2v) is 7.82. The van der Waals surface area contributed by atoms with E-state index in [1.54, 1.807) is 11.8 Å². The lowest BCUT2D eigenvalue weighted by Crippen LogP contribution is -2.52. The summed E-state index contributed by atoms with van der Waals surface area (Å²) in [5.74, 6) is -0.230. The second-order valence-electron chi connectivity index (χ2n) is 7.82. The predicted octanol–water partition coefficient (Wildman–Crippen LogP) is 1.95. The fraction of sp³-hybridized carbons (Fsp3) is 0.842. The van der Waals surface area contributed by atoms with Gasteiger partial charge in [0.05, 0.1) is 6.61 Å². The van der Waals surface area contributed by atoms with Crippen molar-refractivity contribution >= 4 is 17.9 Å². The first-order valence-corrected chi connectivity index (χ1v) is 10.1. The van der Waals surface area contributed by atoms with Gasteiger partial charge in [0.1, 0.15) is 5.41 Å². The molecule has 2 saturated carbocycles. The van der Waals surface area contributed by atoms with Crippen molar-refractivity contribution in [1.82, 2.24) is 15.5 Å². The minimum atomic E-state index is -0.851. The fourth-order valence-electron chi connectivity index (χ4n) is 4.00. The minimum Gasteiger partial charge on any atom is -0.450 e. The van der Waals surface area contributed by atoms with Gasteiger partial charge in [-0.3, -0.25) is 9.59 Å². The normalized spacial score (nSPS) is 23.2. The van der Waals surface area contributed by atoms with Crippen molar-refractivity contribution in [3.8, 4) is 0 Å². The number of ether oxygens (including phenoxy) is 1. The molecule has 3 amide bonds. The molecular weight excluding hydrogens is 334 g/mol. The highest BCUT2D eigenvalue weighted by molar-refractivity contribution is 6.08. The molecule has 0 atom stereocenters. The lowest BCUT2D eigenvalue weighted by molar-refractivity contribution is -0.138. The zero-order valence-corrected chi connectivity index (χ0v) is 15.7. The van der Waals surface area contributed by atoms with Crippen LogP contribution in [0.25, 0.3) is 0 Å². The van der Waals surface area contributed by atoms with Gasteiger partial charge in [-0.25, -0.2) is 4.79 Å². The Labute approximate surface area is 155 Å². The van der Waals surface area contributed by atoms with Gasteiger partial charge >= 0.3 is 6.09 Å². The molecule has 7 nitrogen and oxygen atoms in total. The summed E-state index contributed by atoms with van der Waals surface area (Å²) in [5.41, 5.74) is -0.851. The van der Waals surface area contributed by atoms with E-state index in [2.05, 4.69) is 10.6 Å². The lowest BCUT2D eigenvalue weighted by Gasteiger charge is -2.32. The van der Waals surface area contributed by atoms with Crippen LogP contribution < -0.4 is 10.6 Å². The molecule has 0 aromatic carbocycles. The Morgan fingerprint density at radius 2 is 1.46 bits per heavy atom. The van der Waals surface area contributed by atoms with Gasteiger partial charge in [-0.05, 0) is 45.4 Å². The summed E-state index contributed by atoms with van der Waals surface area (Å²) < 4.78 is 5.01. The van der Waals surface area contributed by atoms with Crippen LogP contribution in [0.4, 0.5) is 4.79 Å². The third-order valence-electron chi connectivity index (χ3n) is 5.92. The van der Waals surface area contributed by atoms with Crippen molar-refractivity contribution in [2.24, 2.45) is 5.41 Å². The Morgan fingerprint density at radius 1 is 0.923 bits per heavy atom. The maximum atomic E-state index is 12.7. The van der Waals surface area contributed by atoms with Crippen LogP contribution in [-0.2, 0) is 14.3 Å². The van der Waals surface area contributed by atoms with Crippen molar-refractivity contribution < 1.29 is 19.1 Å². The smallest absolute Gasteiger partial charge is 0.409 e. The molecular formula is C19H31N3O4. The molecule has 2 N–H and O–H groups in total. The number of amides is 3. The maximum Gasteiger partial charge on any atom is 0.409 e. The van der Waals surface area contributed by atoms with Gasteiger partial charge in [0.25, 0.3) is 0 Å². The van der Waals surface area contributed by atoms with Crippen molar-refractivity contribution in [1.29, 1.82) is 0 Å². The number of hydrogen-bond acceptors (Lipinski definition) is 4. The number of carbonyl (C=O) groups is 3. The van der Waals surface area contributed by atoms with Gasteiger partial charge in [-0.1, -0.05) is 19.3 Å². The topological polar surface area (TPSA) is 87.7 Å². The van der Waals surface area contributed by atoms with E-state index in [0.717, 1.165) is 25.7 Å². The van der Waals surface area contributed by atoms with E-state index in [4.69, 9.17) is 4.74 Å². The number of nitrogens with one attached hydrogen (secondary N) is 2. The highest BCUT2D eigenvalue weighted by Crippen LogP contribution is 2.46. The van der Waals surface area contributed by atoms with Crippen LogP contribution in [0.3, 0.4) is 0 Å². The Bertz CT molecular complexity index is 533. The molecule has 0 aromatic rings. The molecule has 0 radical (unpaired) electrons. The average molecular weight is 365 g/mol. The van der Waals surface area contributed by atoms with Crippen molar-refractivity contribution in [3.05, 3.63) is 0 Å². The third kappa shape index (κ3) is 4.30. The minimum absolute atomic E-state index is 0.0214. The third-order valence-corrected chi connectivity index (χ3v) is 5.92. The Kier molecular flexibility index (Phi) is 6.04. The monoisotopic (exact) mass is 365 g/mol. The Balaban J connectivity index is 1.45. The first-order valence-electron chi connectivity index (χ1n) is 10.1. The number of carbonyl (C=O) groups excluding carboxylic acids is 3. The first-order chi connectivity index (χ1) is 12.5. The van der Waals surface area contributed by atoms with Gasteiger partial charge in [0, 0.05) is 25.2 Å². The van der Waals surface area contributed by atoms with Crippen molar-refractivity contribution in [3.63, 3.8) is 0 Å². The predicted molar refractivity (Wildman–Crippen MR) is 96.4 cm³/mol. The van der Waals surface area contributed by atoms with Crippen molar-refractivity contribution in [2.45, 2.75) is 76.8 Å². The van der Waals surface area contributed by atoms with E-state index in [9.17, 15) is 14.4 Å². The van der Waals surface area contributed by atoms with Crippen LogP contribution in [-0.4, -0.2) is 54.6 Å². The number of nitrogens with zero attached hydrogens (tertiary/aromatic N) is 1. The summed E-state index contributed by atoms with van der Waals surface area (Å²) in [6.07, 6.45) is 7.98. The summed E-state index contributed by atoms with van der Waals surface area (Å²) in [5, 5.41) is 6.16. The van der Waals surface area contributed by atoms with E-state index >= 15 is 0 Å². The number of rotatable bonds is 5. The molecule has 26 heavy (non-hydrogen) atoms. The van der Waals surface area contributed by atoms with E-state index in [-0.39, 0.29) is 30.0 Å². The average Bonchev–Trinajstić information content (AvgIpc) is 3.45. The molecule has 1 saturated heterocycles. The summed E-state index contributed by atoms with van der Waals surface area (Å²) in [4.78, 5) is 38.8. The summed E-state index contributed by atoms with van der Waals surface area (Å²) in [6.45, 7) is 3.31. The van der Waals surface area contributed by atoms with Gasteiger partial charge in [0.15, 0.2) is 0 Å². The molecule has 146 valence electrons.